The van der Waals surface area contributed by atoms with Crippen molar-refractivity contribution in [2.45, 2.75) is 0 Å². The number of nitrogens with one attached hydrogen (secondary N) is 1. The van der Waals surface area contributed by atoms with Gasteiger partial charge in [-0.15, -0.1) is 0 Å². The molecule has 0 bridgehead atoms. The van der Waals surface area contributed by atoms with Crippen LogP contribution in [0.3, 0.4) is 0 Å². The minimum atomic E-state index is -0.565. The van der Waals surface area contributed by atoms with E-state index in [2.05, 4.69) is 26.2 Å². The van der Waals surface area contributed by atoms with Gasteiger partial charge in [0.05, 0.1) is 5.56 Å². The van der Waals surface area contributed by atoms with E-state index >= 15 is 0 Å². The fourth-order valence-corrected chi connectivity index (χ4v) is 2.83. The minimum Gasteiger partial charge on any atom is -0.436 e. The van der Waals surface area contributed by atoms with Crippen LogP contribution in [-0.2, 0) is 0 Å². The summed E-state index contributed by atoms with van der Waals surface area (Å²) >= 11 is 3.39. The zero-order valence-electron chi connectivity index (χ0n) is 13.4. The minimum absolute atomic E-state index is 0.0108. The Balaban J connectivity index is 1.62. The van der Waals surface area contributed by atoms with E-state index in [4.69, 9.17) is 4.42 Å². The van der Waals surface area contributed by atoms with Crippen LogP contribution in [0, 0.1) is 5.82 Å². The first-order valence-electron chi connectivity index (χ1n) is 7.82. The van der Waals surface area contributed by atoms with Crippen molar-refractivity contribution in [2.24, 2.45) is 0 Å². The molecule has 0 unspecified atom stereocenters. The molecular weight excluding hydrogens is 399 g/mol. The van der Waals surface area contributed by atoms with E-state index in [-0.39, 0.29) is 5.56 Å². The molecule has 0 radical (unpaired) electrons. The van der Waals surface area contributed by atoms with Crippen molar-refractivity contribution in [2.75, 3.05) is 5.32 Å². The van der Waals surface area contributed by atoms with Gasteiger partial charge >= 0.3 is 0 Å². The number of carbonyl (C=O) groups is 1. The third-order valence-corrected chi connectivity index (χ3v) is 4.38. The maximum absolute atomic E-state index is 13.7. The SMILES string of the molecule is O=C(Nc1ccc2oc(-c3ccc(Br)cc3)nc2c1)c1ccccc1F. The van der Waals surface area contributed by atoms with Crippen molar-refractivity contribution in [3.8, 4) is 11.5 Å². The van der Waals surface area contributed by atoms with E-state index in [0.717, 1.165) is 10.0 Å². The zero-order chi connectivity index (χ0) is 18.1. The van der Waals surface area contributed by atoms with Gasteiger partial charge < -0.3 is 9.73 Å². The molecule has 0 saturated carbocycles. The standard InChI is InChI=1S/C20H12BrFN2O2/c21-13-7-5-12(6-8-13)20-24-17-11-14(9-10-18(17)26-20)23-19(25)15-3-1-2-4-16(15)22/h1-11H,(H,23,25). The number of hydrogen-bond donors (Lipinski definition) is 1. The monoisotopic (exact) mass is 410 g/mol. The maximum atomic E-state index is 13.7. The van der Waals surface area contributed by atoms with Crippen molar-refractivity contribution in [1.82, 2.24) is 4.98 Å². The molecule has 0 aliphatic carbocycles. The van der Waals surface area contributed by atoms with Crippen LogP contribution >= 0.6 is 15.9 Å². The number of benzene rings is 3. The lowest BCUT2D eigenvalue weighted by Crippen LogP contribution is -2.13. The molecular formula is C20H12BrFN2O2. The largest absolute Gasteiger partial charge is 0.436 e. The Labute approximate surface area is 156 Å². The number of anilines is 1. The summed E-state index contributed by atoms with van der Waals surface area (Å²) in [5, 5.41) is 2.68. The van der Waals surface area contributed by atoms with Crippen LogP contribution in [0.2, 0.25) is 0 Å². The van der Waals surface area contributed by atoms with Crippen molar-refractivity contribution in [1.29, 1.82) is 0 Å². The van der Waals surface area contributed by atoms with Gasteiger partial charge in [-0.25, -0.2) is 9.37 Å². The van der Waals surface area contributed by atoms with Gasteiger partial charge in [-0.2, -0.15) is 0 Å². The number of amides is 1. The molecule has 4 rings (SSSR count). The van der Waals surface area contributed by atoms with E-state index in [1.165, 1.54) is 18.2 Å². The number of halogens is 2. The fraction of sp³-hybridized carbons (Fsp3) is 0. The summed E-state index contributed by atoms with van der Waals surface area (Å²) < 4.78 is 20.5. The van der Waals surface area contributed by atoms with Gasteiger partial charge in [0.15, 0.2) is 5.58 Å². The first kappa shape index (κ1) is 16.5. The summed E-state index contributed by atoms with van der Waals surface area (Å²) in [6.07, 6.45) is 0. The normalized spacial score (nSPS) is 10.8. The first-order chi connectivity index (χ1) is 12.6. The quantitative estimate of drug-likeness (QED) is 0.474. The highest BCUT2D eigenvalue weighted by atomic mass is 79.9. The third kappa shape index (κ3) is 3.23. The number of oxazole rings is 1. The molecule has 1 N–H and O–H groups in total. The van der Waals surface area contributed by atoms with Crippen LogP contribution in [0.15, 0.2) is 75.6 Å². The summed E-state index contributed by atoms with van der Waals surface area (Å²) in [5.41, 5.74) is 2.56. The molecule has 0 atom stereocenters. The molecule has 0 saturated heterocycles. The predicted octanol–water partition coefficient (Wildman–Crippen LogP) is 5.65. The smallest absolute Gasteiger partial charge is 0.258 e. The van der Waals surface area contributed by atoms with Gasteiger partial charge in [0, 0.05) is 15.7 Å². The maximum Gasteiger partial charge on any atom is 0.258 e. The summed E-state index contributed by atoms with van der Waals surface area (Å²) in [5.74, 6) is -0.589. The highest BCUT2D eigenvalue weighted by Gasteiger charge is 2.13. The van der Waals surface area contributed by atoms with Crippen molar-refractivity contribution in [3.63, 3.8) is 0 Å². The van der Waals surface area contributed by atoms with Crippen LogP contribution in [0.25, 0.3) is 22.6 Å². The lowest BCUT2D eigenvalue weighted by atomic mass is 10.2. The highest BCUT2D eigenvalue weighted by molar-refractivity contribution is 9.10. The van der Waals surface area contributed by atoms with Gasteiger partial charge in [0.25, 0.3) is 5.91 Å². The van der Waals surface area contributed by atoms with Crippen LogP contribution in [0.4, 0.5) is 10.1 Å². The number of aromatic nitrogens is 1. The summed E-state index contributed by atoms with van der Waals surface area (Å²) in [6, 6.07) is 18.6. The summed E-state index contributed by atoms with van der Waals surface area (Å²) in [6.45, 7) is 0. The second-order valence-corrected chi connectivity index (χ2v) is 6.56. The number of carbonyl (C=O) groups excluding carboxylic acids is 1. The van der Waals surface area contributed by atoms with Gasteiger partial charge in [0.1, 0.15) is 11.3 Å². The van der Waals surface area contributed by atoms with Crippen LogP contribution in [-0.4, -0.2) is 10.9 Å². The molecule has 0 aliphatic rings. The average molecular weight is 411 g/mol. The van der Waals surface area contributed by atoms with Gasteiger partial charge in [-0.1, -0.05) is 28.1 Å². The Morgan fingerprint density at radius 2 is 1.81 bits per heavy atom. The van der Waals surface area contributed by atoms with E-state index in [9.17, 15) is 9.18 Å². The Hall–Kier alpha value is -2.99. The Morgan fingerprint density at radius 3 is 2.58 bits per heavy atom. The topological polar surface area (TPSA) is 55.1 Å². The van der Waals surface area contributed by atoms with Crippen molar-refractivity contribution < 1.29 is 13.6 Å². The second-order valence-electron chi connectivity index (χ2n) is 5.64. The van der Waals surface area contributed by atoms with Gasteiger partial charge in [-0.05, 0) is 54.6 Å². The lowest BCUT2D eigenvalue weighted by molar-refractivity contribution is 0.102. The predicted molar refractivity (Wildman–Crippen MR) is 101 cm³/mol. The van der Waals surface area contributed by atoms with Crippen LogP contribution in [0.5, 0.6) is 0 Å². The molecule has 0 fully saturated rings. The highest BCUT2D eigenvalue weighted by Crippen LogP contribution is 2.27. The molecule has 128 valence electrons. The molecule has 1 aromatic heterocycles. The molecule has 6 heteroatoms. The average Bonchev–Trinajstić information content (AvgIpc) is 3.06. The van der Waals surface area contributed by atoms with Crippen LogP contribution < -0.4 is 5.32 Å². The van der Waals surface area contributed by atoms with E-state index in [0.29, 0.717) is 22.7 Å². The molecule has 3 aromatic carbocycles. The van der Waals surface area contributed by atoms with E-state index in [1.54, 1.807) is 24.3 Å². The molecule has 26 heavy (non-hydrogen) atoms. The van der Waals surface area contributed by atoms with Crippen molar-refractivity contribution in [3.05, 3.63) is 82.6 Å². The number of hydrogen-bond acceptors (Lipinski definition) is 3. The molecule has 1 amide bonds. The number of rotatable bonds is 3. The summed E-state index contributed by atoms with van der Waals surface area (Å²) in [7, 11) is 0. The summed E-state index contributed by atoms with van der Waals surface area (Å²) in [4.78, 5) is 16.7. The Bertz CT molecular complexity index is 1110. The van der Waals surface area contributed by atoms with Crippen LogP contribution in [0.1, 0.15) is 10.4 Å². The molecule has 0 aliphatic heterocycles. The third-order valence-electron chi connectivity index (χ3n) is 3.86. The molecule has 4 nitrogen and oxygen atoms in total. The van der Waals surface area contributed by atoms with E-state index < -0.39 is 11.7 Å². The second kappa shape index (κ2) is 6.72. The van der Waals surface area contributed by atoms with Crippen molar-refractivity contribution >= 4 is 38.6 Å². The van der Waals surface area contributed by atoms with E-state index in [1.807, 2.05) is 24.3 Å². The molecule has 1 heterocycles. The fourth-order valence-electron chi connectivity index (χ4n) is 2.56. The molecule has 4 aromatic rings. The van der Waals surface area contributed by atoms with Gasteiger partial charge in [0.2, 0.25) is 5.89 Å². The zero-order valence-corrected chi connectivity index (χ0v) is 15.0. The number of fused-ring (bicyclic) bond motifs is 1. The lowest BCUT2D eigenvalue weighted by Gasteiger charge is -2.05. The van der Waals surface area contributed by atoms with Gasteiger partial charge in [-0.3, -0.25) is 4.79 Å². The Morgan fingerprint density at radius 1 is 1.04 bits per heavy atom. The Kier molecular flexibility index (Phi) is 4.26. The number of nitrogens with zero attached hydrogens (tertiary/aromatic N) is 1. The first-order valence-corrected chi connectivity index (χ1v) is 8.62. The molecule has 0 spiro atoms.